The number of carboxylic acids is 1. The molecule has 0 saturated carbocycles. The zero-order chi connectivity index (χ0) is 54.8. The molecule has 4 aromatic rings. The second-order valence-corrected chi connectivity index (χ2v) is 25.2. The number of carbonyl (C=O) groups is 1. The number of nitrogens with zero attached hydrogens (tertiary/aromatic N) is 2. The number of methoxy groups -OCH3 is 1. The Labute approximate surface area is 429 Å². The highest BCUT2D eigenvalue weighted by Crippen LogP contribution is 2.54. The molecule has 0 amide bonds. The Kier molecular flexibility index (Phi) is 17.4. The minimum Gasteiger partial charge on any atom is -0.748 e. The van der Waals surface area contributed by atoms with Gasteiger partial charge in [-0.1, -0.05) is 36.4 Å². The first-order chi connectivity index (χ1) is 34.3. The van der Waals surface area contributed by atoms with Gasteiger partial charge in [-0.2, -0.15) is 4.58 Å². The Hall–Kier alpha value is -5.23. The van der Waals surface area contributed by atoms with Crippen molar-refractivity contribution in [2.75, 3.05) is 50.7 Å². The van der Waals surface area contributed by atoms with E-state index in [1.165, 1.54) is 25.3 Å². The number of benzene rings is 4. The summed E-state index contributed by atoms with van der Waals surface area (Å²) in [6.45, 7) is 6.22. The van der Waals surface area contributed by atoms with Gasteiger partial charge in [0, 0.05) is 72.1 Å². The molecule has 402 valence electrons. The van der Waals surface area contributed by atoms with E-state index in [0.717, 1.165) is 12.1 Å². The smallest absolute Gasteiger partial charge is 0.303 e. The third-order valence-corrected chi connectivity index (χ3v) is 17.1. The molecule has 0 radical (unpaired) electrons. The summed E-state index contributed by atoms with van der Waals surface area (Å²) in [6, 6.07) is 8.79. The summed E-state index contributed by atoms with van der Waals surface area (Å²) in [6.07, 6.45) is 12.7. The molecule has 21 nitrogen and oxygen atoms in total. The molecule has 26 heteroatoms. The summed E-state index contributed by atoms with van der Waals surface area (Å²) in [4.78, 5) is 9.22. The van der Waals surface area contributed by atoms with Crippen LogP contribution in [0, 0.1) is 0 Å². The van der Waals surface area contributed by atoms with Gasteiger partial charge in [0.05, 0.1) is 54.9 Å². The molecule has 4 aromatic carbocycles. The molecule has 0 aromatic heterocycles. The number of hydrogen-bond donors (Lipinski definition) is 1. The zero-order valence-corrected chi connectivity index (χ0v) is 44.5. The van der Waals surface area contributed by atoms with Crippen LogP contribution in [0.4, 0.5) is 11.4 Å². The summed E-state index contributed by atoms with van der Waals surface area (Å²) in [5.41, 5.74) is 0.295. The van der Waals surface area contributed by atoms with Crippen molar-refractivity contribution >= 4 is 95.2 Å². The van der Waals surface area contributed by atoms with E-state index in [1.807, 2.05) is 4.58 Å². The fourth-order valence-electron chi connectivity index (χ4n) is 9.79. The van der Waals surface area contributed by atoms with Gasteiger partial charge in [-0.05, 0) is 111 Å². The van der Waals surface area contributed by atoms with Crippen molar-refractivity contribution in [1.29, 1.82) is 0 Å². The Morgan fingerprint density at radius 3 is 1.78 bits per heavy atom. The number of anilines is 1. The van der Waals surface area contributed by atoms with Crippen molar-refractivity contribution in [1.82, 2.24) is 0 Å². The molecule has 0 aliphatic carbocycles. The van der Waals surface area contributed by atoms with Crippen LogP contribution in [0.1, 0.15) is 70.4 Å². The molecule has 1 unspecified atom stereocenters. The van der Waals surface area contributed by atoms with E-state index in [-0.39, 0.29) is 72.7 Å². The molecule has 6 rings (SSSR count). The van der Waals surface area contributed by atoms with E-state index in [1.54, 1.807) is 74.3 Å². The Morgan fingerprint density at radius 2 is 1.23 bits per heavy atom. The SMILES string of the molecule is COCCOCCN1C(=CC=CC=CC=CC2=[N+](CCCCCC(=O)O)c3ccc4c(S(=O)(=O)[O-])cc(S(=O)(=O)[O-])cc4c3C2(C)C)C(C)(CCCS(=O)(=O)[O-])c2c1ccc1c(S(=O)(=O)[O-])cc(S(=O)(=O)[O-])cc21. The second-order valence-electron chi connectivity index (χ2n) is 18.3. The van der Waals surface area contributed by atoms with Crippen molar-refractivity contribution in [3.8, 4) is 0 Å². The van der Waals surface area contributed by atoms with Gasteiger partial charge >= 0.3 is 5.97 Å². The lowest BCUT2D eigenvalue weighted by Crippen LogP contribution is -2.31. The third kappa shape index (κ3) is 12.9. The van der Waals surface area contributed by atoms with Crippen LogP contribution in [0.2, 0.25) is 0 Å². The molecule has 1 atom stereocenters. The second kappa shape index (κ2) is 22.2. The van der Waals surface area contributed by atoms with Crippen molar-refractivity contribution in [2.24, 2.45) is 0 Å². The van der Waals surface area contributed by atoms with E-state index in [9.17, 15) is 74.8 Å². The average molecular weight is 1120 g/mol. The number of allylic oxidation sites excluding steroid dienone is 8. The predicted molar refractivity (Wildman–Crippen MR) is 265 cm³/mol. The van der Waals surface area contributed by atoms with Crippen LogP contribution in [-0.4, -0.2) is 132 Å². The van der Waals surface area contributed by atoms with E-state index >= 15 is 0 Å². The third-order valence-electron chi connectivity index (χ3n) is 12.9. The molecule has 2 aliphatic rings. The first kappa shape index (κ1) is 58.0. The number of fused-ring (bicyclic) bond motifs is 6. The van der Waals surface area contributed by atoms with Crippen molar-refractivity contribution in [3.05, 3.63) is 108 Å². The topological polar surface area (TPSA) is 348 Å². The zero-order valence-electron chi connectivity index (χ0n) is 40.4. The molecule has 0 bridgehead atoms. The van der Waals surface area contributed by atoms with Crippen LogP contribution < -0.4 is 4.90 Å². The fraction of sp³-hybridized carbons (Fsp3) is 0.375. The van der Waals surface area contributed by atoms with Crippen molar-refractivity contribution < 1.29 is 88.8 Å². The van der Waals surface area contributed by atoms with Gasteiger partial charge in [-0.25, -0.2) is 42.1 Å². The van der Waals surface area contributed by atoms with Gasteiger partial charge in [0.25, 0.3) is 0 Å². The minimum absolute atomic E-state index is 0.0516. The molecule has 74 heavy (non-hydrogen) atoms. The lowest BCUT2D eigenvalue weighted by Gasteiger charge is -2.31. The first-order valence-electron chi connectivity index (χ1n) is 22.7. The standard InChI is InChI=1S/C48H56N2O19S5/c1-47(2)42(49(22-12-8-11-16-44(51)52)38-19-17-34-36(45(38)47)28-32(71(56,57)58)30-40(34)73(62,63)64)14-9-6-5-7-10-15-43-48(3,21-13-27-70(53,54)55)46-37-29-33(72(59,60)61)31-41(74(65,66)67)35(37)18-20-39(46)50(43)23-24-69-26-25-68-4/h5-7,9-10,14-15,17-20,28-31H,8,11-13,16,21-27H2,1-4H3,(H5-,51,52,53,54,55,56,57,58,59,60,61,62,63,64,65,66,67)/p-4. The van der Waals surface area contributed by atoms with E-state index < -0.39 is 92.7 Å². The normalized spacial score (nSPS) is 18.1. The van der Waals surface area contributed by atoms with Gasteiger partial charge in [0.1, 0.15) is 47.0 Å². The van der Waals surface area contributed by atoms with Crippen LogP contribution in [0.25, 0.3) is 21.5 Å². The molecule has 0 saturated heterocycles. The lowest BCUT2D eigenvalue weighted by molar-refractivity contribution is -0.438. The molecule has 0 fully saturated rings. The van der Waals surface area contributed by atoms with Crippen LogP contribution >= 0.6 is 0 Å². The maximum Gasteiger partial charge on any atom is 0.303 e. The molecular weight excluding hydrogens is 1070 g/mol. The van der Waals surface area contributed by atoms with E-state index in [4.69, 9.17) is 9.47 Å². The molecular formula is C48H52N2O19S5-4. The minimum atomic E-state index is -5.38. The summed E-state index contributed by atoms with van der Waals surface area (Å²) < 4.78 is 197. The van der Waals surface area contributed by atoms with Crippen LogP contribution in [0.5, 0.6) is 0 Å². The van der Waals surface area contributed by atoms with Crippen molar-refractivity contribution in [2.45, 2.75) is 89.7 Å². The number of hydrogen-bond acceptors (Lipinski definition) is 19. The largest absolute Gasteiger partial charge is 0.748 e. The highest BCUT2D eigenvalue weighted by atomic mass is 32.2. The Balaban J connectivity index is 1.45. The van der Waals surface area contributed by atoms with Gasteiger partial charge in [-0.15, -0.1) is 0 Å². The number of rotatable bonds is 24. The molecule has 0 spiro atoms. The number of aliphatic carboxylic acids is 1. The first-order valence-corrected chi connectivity index (χ1v) is 30.0. The number of ether oxygens (including phenoxy) is 2. The number of unbranched alkanes of at least 4 members (excludes halogenated alkanes) is 2. The molecule has 2 aliphatic heterocycles. The van der Waals surface area contributed by atoms with E-state index in [2.05, 4.69) is 0 Å². The summed E-state index contributed by atoms with van der Waals surface area (Å²) in [5.74, 6) is -1.76. The maximum atomic E-state index is 12.6. The van der Waals surface area contributed by atoms with Crippen LogP contribution in [0.15, 0.2) is 116 Å². The van der Waals surface area contributed by atoms with Gasteiger partial charge < -0.3 is 42.2 Å². The summed E-state index contributed by atoms with van der Waals surface area (Å²) in [5, 5.41) is 8.85. The van der Waals surface area contributed by atoms with Gasteiger partial charge in [0.15, 0.2) is 5.71 Å². The number of carboxylic acid groups (broad SMARTS) is 1. The van der Waals surface area contributed by atoms with Crippen LogP contribution in [0.3, 0.4) is 0 Å². The molecule has 2 heterocycles. The van der Waals surface area contributed by atoms with Gasteiger partial charge in [0.2, 0.25) is 5.69 Å². The van der Waals surface area contributed by atoms with Crippen LogP contribution in [-0.2, 0) is 75.7 Å². The highest BCUT2D eigenvalue weighted by molar-refractivity contribution is 7.87. The Bertz CT molecular complexity index is 3640. The monoisotopic (exact) mass is 1120 g/mol. The predicted octanol–water partition coefficient (Wildman–Crippen LogP) is 4.95. The van der Waals surface area contributed by atoms with Crippen molar-refractivity contribution in [3.63, 3.8) is 0 Å². The Morgan fingerprint density at radius 1 is 0.662 bits per heavy atom. The quantitative estimate of drug-likeness (QED) is 0.0420. The van der Waals surface area contributed by atoms with Gasteiger partial charge in [-0.3, -0.25) is 4.79 Å². The summed E-state index contributed by atoms with van der Waals surface area (Å²) >= 11 is 0. The highest BCUT2D eigenvalue weighted by Gasteiger charge is 2.47. The maximum absolute atomic E-state index is 12.6. The molecule has 1 N–H and O–H groups in total. The summed E-state index contributed by atoms with van der Waals surface area (Å²) in [7, 11) is -24.5. The fourth-order valence-corrected chi connectivity index (χ4v) is 12.9. The lowest BCUT2D eigenvalue weighted by atomic mass is 9.75. The average Bonchev–Trinajstić information content (AvgIpc) is 3.65. The van der Waals surface area contributed by atoms with E-state index in [0.29, 0.717) is 66.3 Å².